The number of nitrogens with one attached hydrogen (secondary N) is 1. The maximum absolute atomic E-state index is 12.4. The standard InChI is InChI=1S/C21H21N3O3/c1-15-8-9-17(14-16(15)2)22-21(26)19-10-11-20(25)24(23-19)12-13-27-18-6-4-3-5-7-18/h3-11,14H,12-13H2,1-2H3,(H,22,26). The van der Waals surface area contributed by atoms with Gasteiger partial charge in [0.05, 0.1) is 6.54 Å². The van der Waals surface area contributed by atoms with Gasteiger partial charge in [0.1, 0.15) is 18.1 Å². The monoisotopic (exact) mass is 363 g/mol. The van der Waals surface area contributed by atoms with Gasteiger partial charge in [-0.25, -0.2) is 4.68 Å². The second kappa shape index (κ2) is 8.31. The van der Waals surface area contributed by atoms with Crippen molar-refractivity contribution in [2.75, 3.05) is 11.9 Å². The van der Waals surface area contributed by atoms with Crippen molar-refractivity contribution < 1.29 is 9.53 Å². The number of aryl methyl sites for hydroxylation is 2. The fourth-order valence-electron chi connectivity index (χ4n) is 2.51. The summed E-state index contributed by atoms with van der Waals surface area (Å²) in [4.78, 5) is 24.4. The lowest BCUT2D eigenvalue weighted by molar-refractivity contribution is 0.101. The number of amides is 1. The Morgan fingerprint density at radius 2 is 1.81 bits per heavy atom. The van der Waals surface area contributed by atoms with Gasteiger partial charge in [-0.3, -0.25) is 9.59 Å². The summed E-state index contributed by atoms with van der Waals surface area (Å²) in [7, 11) is 0. The smallest absolute Gasteiger partial charge is 0.276 e. The SMILES string of the molecule is Cc1ccc(NC(=O)c2ccc(=O)n(CCOc3ccccc3)n2)cc1C. The van der Waals surface area contributed by atoms with Crippen LogP contribution in [0.2, 0.25) is 0 Å². The van der Waals surface area contributed by atoms with Crippen molar-refractivity contribution in [3.8, 4) is 5.75 Å². The summed E-state index contributed by atoms with van der Waals surface area (Å²) >= 11 is 0. The summed E-state index contributed by atoms with van der Waals surface area (Å²) in [6, 6.07) is 17.8. The predicted octanol–water partition coefficient (Wildman–Crippen LogP) is 3.19. The summed E-state index contributed by atoms with van der Waals surface area (Å²) < 4.78 is 6.82. The van der Waals surface area contributed by atoms with Gasteiger partial charge in [0.25, 0.3) is 11.5 Å². The topological polar surface area (TPSA) is 73.2 Å². The van der Waals surface area contributed by atoms with Gasteiger partial charge in [0, 0.05) is 11.8 Å². The van der Waals surface area contributed by atoms with Gasteiger partial charge in [0.15, 0.2) is 0 Å². The molecule has 0 bridgehead atoms. The number of anilines is 1. The van der Waals surface area contributed by atoms with E-state index in [4.69, 9.17) is 4.74 Å². The molecule has 1 aromatic heterocycles. The van der Waals surface area contributed by atoms with Gasteiger partial charge in [-0.15, -0.1) is 0 Å². The van der Waals surface area contributed by atoms with E-state index in [0.717, 1.165) is 11.1 Å². The normalized spacial score (nSPS) is 10.4. The molecule has 1 heterocycles. The average molecular weight is 363 g/mol. The number of para-hydroxylation sites is 1. The molecular weight excluding hydrogens is 342 g/mol. The molecule has 6 heteroatoms. The number of rotatable bonds is 6. The van der Waals surface area contributed by atoms with Crippen LogP contribution in [-0.4, -0.2) is 22.3 Å². The molecule has 0 aliphatic rings. The Morgan fingerprint density at radius 3 is 2.56 bits per heavy atom. The van der Waals surface area contributed by atoms with Crippen molar-refractivity contribution in [3.05, 3.63) is 87.8 Å². The molecule has 0 aliphatic carbocycles. The molecule has 0 unspecified atom stereocenters. The van der Waals surface area contributed by atoms with E-state index in [1.807, 2.05) is 62.4 Å². The highest BCUT2D eigenvalue weighted by molar-refractivity contribution is 6.02. The van der Waals surface area contributed by atoms with E-state index < -0.39 is 0 Å². The minimum atomic E-state index is -0.365. The summed E-state index contributed by atoms with van der Waals surface area (Å²) in [6.07, 6.45) is 0. The van der Waals surface area contributed by atoms with Gasteiger partial charge in [0.2, 0.25) is 0 Å². The van der Waals surface area contributed by atoms with Crippen LogP contribution >= 0.6 is 0 Å². The molecule has 6 nitrogen and oxygen atoms in total. The van der Waals surface area contributed by atoms with Crippen LogP contribution in [0.25, 0.3) is 0 Å². The van der Waals surface area contributed by atoms with E-state index in [-0.39, 0.29) is 30.3 Å². The van der Waals surface area contributed by atoms with Gasteiger partial charge < -0.3 is 10.1 Å². The summed E-state index contributed by atoms with van der Waals surface area (Å²) in [5.41, 5.74) is 2.82. The number of carbonyl (C=O) groups excluding carboxylic acids is 1. The molecule has 0 aliphatic heterocycles. The molecule has 1 N–H and O–H groups in total. The third kappa shape index (κ3) is 4.82. The van der Waals surface area contributed by atoms with E-state index >= 15 is 0 Å². The maximum Gasteiger partial charge on any atom is 0.276 e. The molecule has 0 atom stereocenters. The van der Waals surface area contributed by atoms with Crippen molar-refractivity contribution in [2.24, 2.45) is 0 Å². The number of carbonyl (C=O) groups is 1. The molecule has 3 aromatic rings. The average Bonchev–Trinajstić information content (AvgIpc) is 2.67. The molecule has 27 heavy (non-hydrogen) atoms. The van der Waals surface area contributed by atoms with E-state index in [1.54, 1.807) is 0 Å². The van der Waals surface area contributed by atoms with Gasteiger partial charge >= 0.3 is 0 Å². The van der Waals surface area contributed by atoms with Gasteiger partial charge in [-0.1, -0.05) is 24.3 Å². The van der Waals surface area contributed by atoms with Crippen molar-refractivity contribution in [1.82, 2.24) is 9.78 Å². The Balaban J connectivity index is 1.67. The molecular formula is C21H21N3O3. The zero-order valence-electron chi connectivity index (χ0n) is 15.3. The van der Waals surface area contributed by atoms with Crippen LogP contribution in [0.3, 0.4) is 0 Å². The minimum Gasteiger partial charge on any atom is -0.492 e. The molecule has 138 valence electrons. The summed E-state index contributed by atoms with van der Waals surface area (Å²) in [5, 5.41) is 6.96. The number of hydrogen-bond acceptors (Lipinski definition) is 4. The highest BCUT2D eigenvalue weighted by atomic mass is 16.5. The Hall–Kier alpha value is -3.41. The van der Waals surface area contributed by atoms with Gasteiger partial charge in [-0.2, -0.15) is 5.10 Å². The molecule has 2 aromatic carbocycles. The van der Waals surface area contributed by atoms with Crippen LogP contribution in [-0.2, 0) is 6.54 Å². The molecule has 0 saturated heterocycles. The van der Waals surface area contributed by atoms with Crippen molar-refractivity contribution in [2.45, 2.75) is 20.4 Å². The third-order valence-electron chi connectivity index (χ3n) is 4.18. The molecule has 1 amide bonds. The lowest BCUT2D eigenvalue weighted by Gasteiger charge is -2.10. The minimum absolute atomic E-state index is 0.174. The first-order valence-corrected chi connectivity index (χ1v) is 8.67. The fourth-order valence-corrected chi connectivity index (χ4v) is 2.51. The second-order valence-electron chi connectivity index (χ2n) is 6.19. The number of benzene rings is 2. The largest absolute Gasteiger partial charge is 0.492 e. The molecule has 0 fully saturated rings. The number of nitrogens with zero attached hydrogens (tertiary/aromatic N) is 2. The zero-order valence-corrected chi connectivity index (χ0v) is 15.3. The molecule has 3 rings (SSSR count). The maximum atomic E-state index is 12.4. The second-order valence-corrected chi connectivity index (χ2v) is 6.19. The Kier molecular flexibility index (Phi) is 5.66. The molecule has 0 spiro atoms. The highest BCUT2D eigenvalue weighted by Gasteiger charge is 2.10. The van der Waals surface area contributed by atoms with Crippen LogP contribution in [0.4, 0.5) is 5.69 Å². The quantitative estimate of drug-likeness (QED) is 0.730. The Labute approximate surface area is 157 Å². The first-order valence-electron chi connectivity index (χ1n) is 8.67. The van der Waals surface area contributed by atoms with Crippen LogP contribution < -0.4 is 15.6 Å². The van der Waals surface area contributed by atoms with E-state index in [2.05, 4.69) is 10.4 Å². The fraction of sp³-hybridized carbons (Fsp3) is 0.190. The van der Waals surface area contributed by atoms with E-state index in [9.17, 15) is 9.59 Å². The lowest BCUT2D eigenvalue weighted by atomic mass is 10.1. The predicted molar refractivity (Wildman–Crippen MR) is 104 cm³/mol. The summed E-state index contributed by atoms with van der Waals surface area (Å²) in [6.45, 7) is 4.52. The van der Waals surface area contributed by atoms with Crippen molar-refractivity contribution in [3.63, 3.8) is 0 Å². The highest BCUT2D eigenvalue weighted by Crippen LogP contribution is 2.14. The Morgan fingerprint density at radius 1 is 1.04 bits per heavy atom. The molecule has 0 radical (unpaired) electrons. The Bertz CT molecular complexity index is 997. The van der Waals surface area contributed by atoms with Crippen LogP contribution in [0, 0.1) is 13.8 Å². The van der Waals surface area contributed by atoms with Crippen molar-refractivity contribution in [1.29, 1.82) is 0 Å². The zero-order chi connectivity index (χ0) is 19.2. The van der Waals surface area contributed by atoms with Crippen molar-refractivity contribution >= 4 is 11.6 Å². The van der Waals surface area contributed by atoms with Crippen LogP contribution in [0.5, 0.6) is 5.75 Å². The van der Waals surface area contributed by atoms with Gasteiger partial charge in [-0.05, 0) is 55.3 Å². The first-order chi connectivity index (χ1) is 13.0. The number of aromatic nitrogens is 2. The first kappa shape index (κ1) is 18.4. The van der Waals surface area contributed by atoms with E-state index in [0.29, 0.717) is 11.4 Å². The summed E-state index contributed by atoms with van der Waals surface area (Å²) in [5.74, 6) is 0.352. The van der Waals surface area contributed by atoms with Crippen LogP contribution in [0.15, 0.2) is 65.5 Å². The van der Waals surface area contributed by atoms with E-state index in [1.165, 1.54) is 16.8 Å². The van der Waals surface area contributed by atoms with Crippen LogP contribution in [0.1, 0.15) is 21.6 Å². The number of hydrogen-bond donors (Lipinski definition) is 1. The number of ether oxygens (including phenoxy) is 1. The lowest BCUT2D eigenvalue weighted by Crippen LogP contribution is -2.28. The molecule has 0 saturated carbocycles. The third-order valence-corrected chi connectivity index (χ3v) is 4.18.